The maximum atomic E-state index is 13.1. The Morgan fingerprint density at radius 1 is 1.23 bits per heavy atom. The molecule has 0 aliphatic rings. The highest BCUT2D eigenvalue weighted by atomic mass is 16.2. The SMILES string of the molecule is CCCCN(Cc1cccn1C)C(=O)CN(C(=O)Nc1cccc(C#N)c1)C(C)C. The molecule has 2 rings (SSSR count). The fourth-order valence-electron chi connectivity index (χ4n) is 3.09. The topological polar surface area (TPSA) is 81.4 Å². The molecule has 0 unspecified atom stereocenters. The van der Waals surface area contributed by atoms with Crippen molar-refractivity contribution < 1.29 is 9.59 Å². The number of nitriles is 1. The molecular formula is C23H31N5O2. The summed E-state index contributed by atoms with van der Waals surface area (Å²) in [5.74, 6) is -0.0840. The number of carbonyl (C=O) groups excluding carboxylic acids is 2. The van der Waals surface area contributed by atoms with E-state index in [4.69, 9.17) is 5.26 Å². The quantitative estimate of drug-likeness (QED) is 0.680. The van der Waals surface area contributed by atoms with Crippen molar-refractivity contribution >= 4 is 17.6 Å². The molecule has 0 fully saturated rings. The van der Waals surface area contributed by atoms with E-state index in [1.807, 2.05) is 48.7 Å². The predicted molar refractivity (Wildman–Crippen MR) is 118 cm³/mol. The first-order valence-corrected chi connectivity index (χ1v) is 10.3. The maximum absolute atomic E-state index is 13.1. The third-order valence-corrected chi connectivity index (χ3v) is 4.97. The van der Waals surface area contributed by atoms with Gasteiger partial charge in [-0.1, -0.05) is 19.4 Å². The molecule has 0 saturated carbocycles. The Kier molecular flexibility index (Phi) is 8.48. The van der Waals surface area contributed by atoms with E-state index in [1.54, 1.807) is 24.3 Å². The minimum atomic E-state index is -0.359. The monoisotopic (exact) mass is 409 g/mol. The first kappa shape index (κ1) is 23.0. The van der Waals surface area contributed by atoms with Gasteiger partial charge in [-0.2, -0.15) is 5.26 Å². The zero-order valence-electron chi connectivity index (χ0n) is 18.3. The first-order valence-electron chi connectivity index (χ1n) is 10.3. The number of hydrogen-bond acceptors (Lipinski definition) is 3. The lowest BCUT2D eigenvalue weighted by molar-refractivity contribution is -0.132. The van der Waals surface area contributed by atoms with Gasteiger partial charge in [0.25, 0.3) is 0 Å². The number of nitrogens with zero attached hydrogens (tertiary/aromatic N) is 4. The highest BCUT2D eigenvalue weighted by molar-refractivity contribution is 5.92. The summed E-state index contributed by atoms with van der Waals surface area (Å²) in [5, 5.41) is 11.8. The third-order valence-electron chi connectivity index (χ3n) is 4.97. The van der Waals surface area contributed by atoms with Gasteiger partial charge < -0.3 is 19.7 Å². The maximum Gasteiger partial charge on any atom is 0.322 e. The van der Waals surface area contributed by atoms with Gasteiger partial charge in [-0.25, -0.2) is 4.79 Å². The molecule has 1 heterocycles. The van der Waals surface area contributed by atoms with Crippen LogP contribution in [0.4, 0.5) is 10.5 Å². The van der Waals surface area contributed by atoms with Gasteiger partial charge in [0.2, 0.25) is 5.91 Å². The number of amides is 3. The van der Waals surface area contributed by atoms with E-state index in [0.717, 1.165) is 18.5 Å². The van der Waals surface area contributed by atoms with Gasteiger partial charge in [-0.05, 0) is 50.6 Å². The van der Waals surface area contributed by atoms with Crippen LogP contribution >= 0.6 is 0 Å². The van der Waals surface area contributed by atoms with Crippen molar-refractivity contribution in [3.63, 3.8) is 0 Å². The number of carbonyl (C=O) groups is 2. The zero-order chi connectivity index (χ0) is 22.1. The number of anilines is 1. The van der Waals surface area contributed by atoms with Crippen molar-refractivity contribution in [2.75, 3.05) is 18.4 Å². The molecule has 0 saturated heterocycles. The molecule has 7 nitrogen and oxygen atoms in total. The van der Waals surface area contributed by atoms with Gasteiger partial charge in [-0.3, -0.25) is 4.79 Å². The fourth-order valence-corrected chi connectivity index (χ4v) is 3.09. The number of unbranched alkanes of at least 4 members (excludes halogenated alkanes) is 1. The van der Waals surface area contributed by atoms with Gasteiger partial charge in [0.1, 0.15) is 6.54 Å². The van der Waals surface area contributed by atoms with Crippen LogP contribution in [0.1, 0.15) is 44.9 Å². The Bertz CT molecular complexity index is 897. The molecule has 3 amide bonds. The number of hydrogen-bond donors (Lipinski definition) is 1. The Hall–Kier alpha value is -3.27. The lowest BCUT2D eigenvalue weighted by Crippen LogP contribution is -2.47. The summed E-state index contributed by atoms with van der Waals surface area (Å²) in [6.07, 6.45) is 3.85. The lowest BCUT2D eigenvalue weighted by Gasteiger charge is -2.30. The molecular weight excluding hydrogens is 378 g/mol. The van der Waals surface area contributed by atoms with Crippen LogP contribution in [0.25, 0.3) is 0 Å². The normalized spacial score (nSPS) is 10.5. The van der Waals surface area contributed by atoms with Crippen LogP contribution < -0.4 is 5.32 Å². The molecule has 1 N–H and O–H groups in total. The summed E-state index contributed by atoms with van der Waals surface area (Å²) >= 11 is 0. The van der Waals surface area contributed by atoms with E-state index in [-0.39, 0.29) is 24.5 Å². The van der Waals surface area contributed by atoms with Crippen molar-refractivity contribution in [3.05, 3.63) is 53.9 Å². The molecule has 0 spiro atoms. The minimum absolute atomic E-state index is 0.00439. The van der Waals surface area contributed by atoms with Crippen molar-refractivity contribution in [2.24, 2.45) is 7.05 Å². The van der Waals surface area contributed by atoms with Gasteiger partial charge in [0.15, 0.2) is 0 Å². The van der Waals surface area contributed by atoms with E-state index in [2.05, 4.69) is 18.3 Å². The number of benzene rings is 1. The molecule has 160 valence electrons. The van der Waals surface area contributed by atoms with Crippen LogP contribution in [-0.2, 0) is 18.4 Å². The average molecular weight is 410 g/mol. The number of aromatic nitrogens is 1. The average Bonchev–Trinajstić information content (AvgIpc) is 3.13. The molecule has 0 radical (unpaired) electrons. The summed E-state index contributed by atoms with van der Waals surface area (Å²) in [6.45, 7) is 7.01. The van der Waals surface area contributed by atoms with E-state index < -0.39 is 0 Å². The Labute approximate surface area is 178 Å². The number of rotatable bonds is 9. The van der Waals surface area contributed by atoms with Gasteiger partial charge in [0, 0.05) is 37.2 Å². The van der Waals surface area contributed by atoms with Gasteiger partial charge >= 0.3 is 6.03 Å². The summed E-state index contributed by atoms with van der Waals surface area (Å²) in [5.41, 5.74) is 2.05. The lowest BCUT2D eigenvalue weighted by atomic mass is 10.2. The fraction of sp³-hybridized carbons (Fsp3) is 0.435. The summed E-state index contributed by atoms with van der Waals surface area (Å²) in [6, 6.07) is 12.2. The molecule has 1 aromatic heterocycles. The minimum Gasteiger partial charge on any atom is -0.353 e. The first-order chi connectivity index (χ1) is 14.3. The van der Waals surface area contributed by atoms with E-state index in [9.17, 15) is 9.59 Å². The molecule has 0 aliphatic heterocycles. The zero-order valence-corrected chi connectivity index (χ0v) is 18.3. The van der Waals surface area contributed by atoms with E-state index >= 15 is 0 Å². The Morgan fingerprint density at radius 2 is 2.00 bits per heavy atom. The van der Waals surface area contributed by atoms with Crippen molar-refractivity contribution in [2.45, 2.75) is 46.2 Å². The largest absolute Gasteiger partial charge is 0.353 e. The Morgan fingerprint density at radius 3 is 2.60 bits per heavy atom. The summed E-state index contributed by atoms with van der Waals surface area (Å²) < 4.78 is 2.00. The summed E-state index contributed by atoms with van der Waals surface area (Å²) in [4.78, 5) is 29.3. The Balaban J connectivity index is 2.11. The predicted octanol–water partition coefficient (Wildman–Crippen LogP) is 3.97. The summed E-state index contributed by atoms with van der Waals surface area (Å²) in [7, 11) is 1.96. The molecule has 0 aliphatic carbocycles. The number of nitrogens with one attached hydrogen (secondary N) is 1. The smallest absolute Gasteiger partial charge is 0.322 e. The highest BCUT2D eigenvalue weighted by Crippen LogP contribution is 2.13. The highest BCUT2D eigenvalue weighted by Gasteiger charge is 2.24. The van der Waals surface area contributed by atoms with Crippen LogP contribution in [0.5, 0.6) is 0 Å². The molecule has 1 aromatic carbocycles. The number of urea groups is 1. The molecule has 2 aromatic rings. The van der Waals surface area contributed by atoms with Gasteiger partial charge in [0.05, 0.1) is 18.2 Å². The number of aryl methyl sites for hydroxylation is 1. The second-order valence-corrected chi connectivity index (χ2v) is 7.62. The second-order valence-electron chi connectivity index (χ2n) is 7.62. The molecule has 7 heteroatoms. The standard InChI is InChI=1S/C23H31N5O2/c1-5-6-13-27(16-21-11-8-12-26(21)4)22(29)17-28(18(2)3)23(30)25-20-10-7-9-19(14-20)15-24/h7-12,14,18H,5-6,13,16-17H2,1-4H3,(H,25,30). The van der Waals surface area contributed by atoms with Crippen LogP contribution in [0.3, 0.4) is 0 Å². The van der Waals surface area contributed by atoms with Crippen LogP contribution in [0, 0.1) is 11.3 Å². The van der Waals surface area contributed by atoms with Crippen molar-refractivity contribution in [1.29, 1.82) is 5.26 Å². The molecule has 30 heavy (non-hydrogen) atoms. The van der Waals surface area contributed by atoms with Crippen LogP contribution in [-0.4, -0.2) is 45.4 Å². The van der Waals surface area contributed by atoms with Crippen molar-refractivity contribution in [1.82, 2.24) is 14.4 Å². The van der Waals surface area contributed by atoms with E-state index in [1.165, 1.54) is 4.90 Å². The van der Waals surface area contributed by atoms with Crippen molar-refractivity contribution in [3.8, 4) is 6.07 Å². The molecule has 0 bridgehead atoms. The van der Waals surface area contributed by atoms with Crippen LogP contribution in [0.15, 0.2) is 42.6 Å². The second kappa shape index (κ2) is 11.1. The van der Waals surface area contributed by atoms with E-state index in [0.29, 0.717) is 24.3 Å². The molecule has 0 atom stereocenters. The van der Waals surface area contributed by atoms with Crippen LogP contribution in [0.2, 0.25) is 0 Å². The third kappa shape index (κ3) is 6.38. The van der Waals surface area contributed by atoms with Gasteiger partial charge in [-0.15, -0.1) is 0 Å².